The summed E-state index contributed by atoms with van der Waals surface area (Å²) in [6, 6.07) is 5.96. The Balaban J connectivity index is 0.000000171. The van der Waals surface area contributed by atoms with Gasteiger partial charge < -0.3 is 4.98 Å². The van der Waals surface area contributed by atoms with Crippen LogP contribution in [0.4, 0.5) is 0 Å². The topological polar surface area (TPSA) is 62.8 Å². The van der Waals surface area contributed by atoms with Gasteiger partial charge in [0, 0.05) is 28.5 Å². The van der Waals surface area contributed by atoms with Crippen LogP contribution in [0.1, 0.15) is 0 Å². The fraction of sp³-hybridized carbons (Fsp3) is 0.125. The molecule has 0 amide bonds. The number of hydrogen-bond acceptors (Lipinski definition) is 3. The van der Waals surface area contributed by atoms with Crippen molar-refractivity contribution in [2.75, 3.05) is 6.26 Å². The van der Waals surface area contributed by atoms with Crippen LogP contribution in [-0.4, -0.2) is 24.6 Å². The first-order valence-corrected chi connectivity index (χ1v) is 6.46. The zero-order chi connectivity index (χ0) is 10.6. The highest BCUT2D eigenvalue weighted by atomic mass is 35.7. The van der Waals surface area contributed by atoms with Gasteiger partial charge in [-0.05, 0) is 18.2 Å². The second kappa shape index (κ2) is 4.43. The van der Waals surface area contributed by atoms with E-state index in [1.54, 1.807) is 6.20 Å². The summed E-state index contributed by atoms with van der Waals surface area (Å²) >= 11 is 0. The highest BCUT2D eigenvalue weighted by molar-refractivity contribution is 8.13. The third-order valence-electron chi connectivity index (χ3n) is 1.32. The first kappa shape index (κ1) is 11.0. The standard InChI is InChI=1S/C7H6N2.CH3ClO2S/c1-2-6-3-5-9-7(6)8-4-1;1-5(2,3)4/h1-5H,(H,8,9);1H3. The minimum atomic E-state index is -3.19. The van der Waals surface area contributed by atoms with Gasteiger partial charge in [0.25, 0.3) is 0 Å². The van der Waals surface area contributed by atoms with Crippen LogP contribution < -0.4 is 0 Å². The van der Waals surface area contributed by atoms with E-state index in [0.29, 0.717) is 0 Å². The molecule has 0 fully saturated rings. The van der Waals surface area contributed by atoms with E-state index in [1.165, 1.54) is 0 Å². The SMILES string of the molecule is CS(=O)(=O)Cl.c1cnc2[nH]ccc2c1. The lowest BCUT2D eigenvalue weighted by molar-refractivity contribution is 0.615. The van der Waals surface area contributed by atoms with Gasteiger partial charge in [-0.1, -0.05) is 0 Å². The molecular weight excluding hydrogens is 224 g/mol. The predicted molar refractivity (Wildman–Crippen MR) is 56.8 cm³/mol. The van der Waals surface area contributed by atoms with Crippen molar-refractivity contribution in [3.05, 3.63) is 30.6 Å². The lowest BCUT2D eigenvalue weighted by atomic mass is 10.3. The Morgan fingerprint density at radius 1 is 1.43 bits per heavy atom. The zero-order valence-electron chi connectivity index (χ0n) is 7.44. The minimum Gasteiger partial charge on any atom is -0.346 e. The van der Waals surface area contributed by atoms with Crippen LogP contribution in [0.15, 0.2) is 30.6 Å². The van der Waals surface area contributed by atoms with Gasteiger partial charge in [0.2, 0.25) is 9.05 Å². The predicted octanol–water partition coefficient (Wildman–Crippen LogP) is 1.75. The first-order chi connectivity index (χ1) is 6.47. The normalized spacial score (nSPS) is 10.7. The molecule has 6 heteroatoms. The van der Waals surface area contributed by atoms with Crippen LogP contribution in [0, 0.1) is 0 Å². The van der Waals surface area contributed by atoms with E-state index >= 15 is 0 Å². The number of rotatable bonds is 0. The van der Waals surface area contributed by atoms with Crippen molar-refractivity contribution in [3.63, 3.8) is 0 Å². The van der Waals surface area contributed by atoms with Crippen molar-refractivity contribution in [1.29, 1.82) is 0 Å². The molecule has 14 heavy (non-hydrogen) atoms. The Hall–Kier alpha value is -1.07. The van der Waals surface area contributed by atoms with Crippen molar-refractivity contribution in [2.45, 2.75) is 0 Å². The van der Waals surface area contributed by atoms with Crippen LogP contribution in [0.25, 0.3) is 11.0 Å². The van der Waals surface area contributed by atoms with E-state index in [0.717, 1.165) is 17.3 Å². The molecular formula is C8H9ClN2O2S. The number of fused-ring (bicyclic) bond motifs is 1. The maximum absolute atomic E-state index is 9.40. The Morgan fingerprint density at radius 3 is 2.64 bits per heavy atom. The number of nitrogens with one attached hydrogen (secondary N) is 1. The maximum Gasteiger partial charge on any atom is 0.229 e. The quantitative estimate of drug-likeness (QED) is 0.704. The van der Waals surface area contributed by atoms with Crippen molar-refractivity contribution in [1.82, 2.24) is 9.97 Å². The van der Waals surface area contributed by atoms with Crippen molar-refractivity contribution in [2.24, 2.45) is 0 Å². The summed E-state index contributed by atoms with van der Waals surface area (Å²) in [7, 11) is 1.31. The molecule has 1 N–H and O–H groups in total. The molecule has 2 rings (SSSR count). The summed E-state index contributed by atoms with van der Waals surface area (Å²) in [5.41, 5.74) is 0.956. The summed E-state index contributed by atoms with van der Waals surface area (Å²) in [6.45, 7) is 0. The molecule has 0 bridgehead atoms. The molecule has 0 aliphatic heterocycles. The van der Waals surface area contributed by atoms with E-state index in [1.807, 2.05) is 24.4 Å². The van der Waals surface area contributed by atoms with Gasteiger partial charge in [-0.15, -0.1) is 0 Å². The van der Waals surface area contributed by atoms with E-state index in [9.17, 15) is 8.42 Å². The lowest BCUT2D eigenvalue weighted by Gasteiger charge is -1.82. The lowest BCUT2D eigenvalue weighted by Crippen LogP contribution is -1.76. The van der Waals surface area contributed by atoms with Crippen molar-refractivity contribution >= 4 is 30.8 Å². The highest BCUT2D eigenvalue weighted by Crippen LogP contribution is 2.05. The molecule has 0 spiro atoms. The summed E-state index contributed by atoms with van der Waals surface area (Å²) in [5.74, 6) is 0. The van der Waals surface area contributed by atoms with Gasteiger partial charge in [0.05, 0.1) is 6.26 Å². The number of pyridine rings is 1. The fourth-order valence-electron chi connectivity index (χ4n) is 0.883. The smallest absolute Gasteiger partial charge is 0.229 e. The van der Waals surface area contributed by atoms with Gasteiger partial charge in [0.15, 0.2) is 0 Å². The maximum atomic E-state index is 9.40. The number of H-pyrrole nitrogens is 1. The molecule has 0 saturated heterocycles. The van der Waals surface area contributed by atoms with E-state index in [2.05, 4.69) is 20.7 Å². The van der Waals surface area contributed by atoms with Crippen LogP contribution in [0.5, 0.6) is 0 Å². The molecule has 0 unspecified atom stereocenters. The summed E-state index contributed by atoms with van der Waals surface area (Å²) in [6.07, 6.45) is 4.59. The Bertz CT molecular complexity index is 469. The Morgan fingerprint density at radius 2 is 2.07 bits per heavy atom. The molecule has 0 atom stereocenters. The highest BCUT2D eigenvalue weighted by Gasteiger charge is 1.88. The second-order valence-corrected chi connectivity index (χ2v) is 5.65. The van der Waals surface area contributed by atoms with Gasteiger partial charge >= 0.3 is 0 Å². The summed E-state index contributed by atoms with van der Waals surface area (Å²) in [5, 5.41) is 1.16. The molecule has 76 valence electrons. The monoisotopic (exact) mass is 232 g/mol. The number of hydrogen-bond donors (Lipinski definition) is 1. The van der Waals surface area contributed by atoms with E-state index in [-0.39, 0.29) is 0 Å². The summed E-state index contributed by atoms with van der Waals surface area (Å²) in [4.78, 5) is 7.09. The van der Waals surface area contributed by atoms with Crippen LogP contribution in [0.3, 0.4) is 0 Å². The third kappa shape index (κ3) is 4.25. The number of aromatic nitrogens is 2. The summed E-state index contributed by atoms with van der Waals surface area (Å²) < 4.78 is 18.8. The number of nitrogens with zero attached hydrogens (tertiary/aromatic N) is 1. The molecule has 2 aromatic heterocycles. The molecule has 2 heterocycles. The molecule has 0 radical (unpaired) electrons. The first-order valence-electron chi connectivity index (χ1n) is 3.74. The second-order valence-electron chi connectivity index (χ2n) is 2.60. The largest absolute Gasteiger partial charge is 0.346 e. The average Bonchev–Trinajstić information content (AvgIpc) is 2.47. The molecule has 0 aliphatic rings. The molecule has 0 aromatic carbocycles. The van der Waals surface area contributed by atoms with Crippen molar-refractivity contribution in [3.8, 4) is 0 Å². The minimum absolute atomic E-state index is 0.925. The molecule has 4 nitrogen and oxygen atoms in total. The number of aromatic amines is 1. The van der Waals surface area contributed by atoms with Crippen LogP contribution in [-0.2, 0) is 9.05 Å². The molecule has 0 saturated carbocycles. The molecule has 2 aromatic rings. The van der Waals surface area contributed by atoms with Gasteiger partial charge in [-0.3, -0.25) is 0 Å². The van der Waals surface area contributed by atoms with Gasteiger partial charge in [-0.2, -0.15) is 0 Å². The zero-order valence-corrected chi connectivity index (χ0v) is 9.01. The van der Waals surface area contributed by atoms with Crippen molar-refractivity contribution < 1.29 is 8.42 Å². The Kier molecular flexibility index (Phi) is 3.49. The van der Waals surface area contributed by atoms with E-state index in [4.69, 9.17) is 0 Å². The average molecular weight is 233 g/mol. The molecule has 0 aliphatic carbocycles. The van der Waals surface area contributed by atoms with Crippen LogP contribution in [0.2, 0.25) is 0 Å². The fourth-order valence-corrected chi connectivity index (χ4v) is 0.883. The van der Waals surface area contributed by atoms with E-state index < -0.39 is 9.05 Å². The number of halogens is 1. The van der Waals surface area contributed by atoms with Crippen LogP contribution >= 0.6 is 10.7 Å². The van der Waals surface area contributed by atoms with Gasteiger partial charge in [0.1, 0.15) is 5.65 Å². The van der Waals surface area contributed by atoms with Gasteiger partial charge in [-0.25, -0.2) is 13.4 Å². The third-order valence-corrected chi connectivity index (χ3v) is 1.32. The Labute approximate surface area is 86.3 Å².